The molecule has 128 valence electrons. The SMILES string of the molecule is CC(=O)C=CN(C)C1OC(F)(COP(=O)(O)O)C(O)C1(C)O. The van der Waals surface area contributed by atoms with Crippen molar-refractivity contribution in [1.29, 1.82) is 0 Å². The summed E-state index contributed by atoms with van der Waals surface area (Å²) in [6, 6.07) is 0. The Hall–Kier alpha value is -0.870. The van der Waals surface area contributed by atoms with E-state index in [1.807, 2.05) is 0 Å². The van der Waals surface area contributed by atoms with E-state index in [-0.39, 0.29) is 5.78 Å². The van der Waals surface area contributed by atoms with Gasteiger partial charge in [-0.2, -0.15) is 0 Å². The van der Waals surface area contributed by atoms with Crippen molar-refractivity contribution in [3.8, 4) is 0 Å². The van der Waals surface area contributed by atoms with Gasteiger partial charge in [0.05, 0.1) is 0 Å². The summed E-state index contributed by atoms with van der Waals surface area (Å²) in [5.74, 6) is -3.34. The standard InChI is InChI=1S/C11H19FNO8P/c1-7(14)4-5-13(3)9-10(2,16)8(15)11(12,21-9)6-20-22(17,18)19/h4-5,8-9,15-16H,6H2,1-3H3,(H2,17,18,19). The maximum absolute atomic E-state index is 14.5. The molecule has 0 radical (unpaired) electrons. The first-order valence-corrected chi connectivity index (χ1v) is 7.70. The average molecular weight is 343 g/mol. The van der Waals surface area contributed by atoms with E-state index >= 15 is 0 Å². The Labute approximate surface area is 126 Å². The van der Waals surface area contributed by atoms with Gasteiger partial charge in [0.15, 0.2) is 12.0 Å². The molecule has 4 atom stereocenters. The first kappa shape index (κ1) is 19.2. The number of phosphoric ester groups is 1. The molecule has 0 saturated carbocycles. The van der Waals surface area contributed by atoms with Crippen LogP contribution < -0.4 is 0 Å². The molecule has 1 fully saturated rings. The maximum Gasteiger partial charge on any atom is 0.469 e. The molecule has 0 spiro atoms. The molecule has 4 N–H and O–H groups in total. The van der Waals surface area contributed by atoms with Gasteiger partial charge < -0.3 is 29.6 Å². The lowest BCUT2D eigenvalue weighted by Crippen LogP contribution is -2.52. The molecule has 0 aromatic rings. The molecule has 9 nitrogen and oxygen atoms in total. The summed E-state index contributed by atoms with van der Waals surface area (Å²) in [6.45, 7) is 1.08. The third-order valence-electron chi connectivity index (χ3n) is 3.11. The van der Waals surface area contributed by atoms with E-state index in [1.54, 1.807) is 0 Å². The zero-order valence-electron chi connectivity index (χ0n) is 12.2. The number of carbonyl (C=O) groups is 1. The van der Waals surface area contributed by atoms with E-state index < -0.39 is 38.2 Å². The number of rotatable bonds is 6. The number of ether oxygens (including phenoxy) is 1. The second-order valence-electron chi connectivity index (χ2n) is 5.24. The summed E-state index contributed by atoms with van der Waals surface area (Å²) in [5.41, 5.74) is -2.12. The van der Waals surface area contributed by atoms with E-state index in [0.29, 0.717) is 0 Å². The summed E-state index contributed by atoms with van der Waals surface area (Å²) in [7, 11) is -3.62. The molecule has 4 unspecified atom stereocenters. The number of ketones is 1. The van der Waals surface area contributed by atoms with Gasteiger partial charge in [0.1, 0.15) is 18.3 Å². The number of hydrogen-bond acceptors (Lipinski definition) is 7. The van der Waals surface area contributed by atoms with Crippen molar-refractivity contribution in [3.05, 3.63) is 12.3 Å². The molecular weight excluding hydrogens is 324 g/mol. The Kier molecular flexibility index (Phi) is 5.51. The van der Waals surface area contributed by atoms with Crippen LogP contribution in [0.25, 0.3) is 0 Å². The predicted octanol–water partition coefficient (Wildman–Crippen LogP) is -0.736. The number of hydrogen-bond donors (Lipinski definition) is 4. The van der Waals surface area contributed by atoms with Crippen molar-refractivity contribution < 1.29 is 43.0 Å². The van der Waals surface area contributed by atoms with Gasteiger partial charge in [-0.1, -0.05) is 0 Å². The summed E-state index contributed by atoms with van der Waals surface area (Å²) in [6.07, 6.45) is -1.20. The van der Waals surface area contributed by atoms with Gasteiger partial charge in [-0.25, -0.2) is 8.96 Å². The molecule has 0 bridgehead atoms. The van der Waals surface area contributed by atoms with E-state index in [9.17, 15) is 24.0 Å². The second-order valence-corrected chi connectivity index (χ2v) is 6.48. The number of phosphoric acid groups is 1. The number of nitrogens with zero attached hydrogens (tertiary/aromatic N) is 1. The number of allylic oxidation sites excluding steroid dienone is 1. The van der Waals surface area contributed by atoms with Gasteiger partial charge in [0.2, 0.25) is 0 Å². The van der Waals surface area contributed by atoms with Gasteiger partial charge in [-0.05, 0) is 19.9 Å². The summed E-state index contributed by atoms with van der Waals surface area (Å²) in [5, 5.41) is 20.1. The molecule has 0 aliphatic carbocycles. The van der Waals surface area contributed by atoms with Gasteiger partial charge in [0, 0.05) is 13.2 Å². The molecule has 1 aliphatic rings. The number of likely N-dealkylation sites (N-methyl/N-ethyl adjacent to an activating group) is 1. The molecule has 11 heteroatoms. The lowest BCUT2D eigenvalue weighted by Gasteiger charge is -2.31. The Bertz CT molecular complexity index is 506. The zero-order valence-corrected chi connectivity index (χ0v) is 13.1. The third kappa shape index (κ3) is 4.32. The van der Waals surface area contributed by atoms with Crippen molar-refractivity contribution in [2.24, 2.45) is 0 Å². The fraction of sp³-hybridized carbons (Fsp3) is 0.727. The van der Waals surface area contributed by atoms with E-state index in [0.717, 1.165) is 17.9 Å². The van der Waals surface area contributed by atoms with Crippen molar-refractivity contribution in [2.75, 3.05) is 13.7 Å². The molecule has 1 aliphatic heterocycles. The molecule has 0 aromatic heterocycles. The highest BCUT2D eigenvalue weighted by Gasteiger charge is 2.63. The van der Waals surface area contributed by atoms with Crippen LogP contribution in [0.4, 0.5) is 4.39 Å². The normalized spacial score (nSPS) is 36.0. The number of alkyl halides is 1. The Balaban J connectivity index is 2.95. The van der Waals surface area contributed by atoms with Crippen LogP contribution in [0, 0.1) is 0 Å². The van der Waals surface area contributed by atoms with Crippen LogP contribution in [0.3, 0.4) is 0 Å². The van der Waals surface area contributed by atoms with Gasteiger partial charge in [-0.15, -0.1) is 0 Å². The van der Waals surface area contributed by atoms with Crippen LogP contribution in [0.2, 0.25) is 0 Å². The number of halogens is 1. The van der Waals surface area contributed by atoms with Gasteiger partial charge in [-0.3, -0.25) is 9.32 Å². The summed E-state index contributed by atoms with van der Waals surface area (Å²) in [4.78, 5) is 29.2. The van der Waals surface area contributed by atoms with Crippen molar-refractivity contribution in [3.63, 3.8) is 0 Å². The quantitative estimate of drug-likeness (QED) is 0.363. The minimum atomic E-state index is -4.98. The smallest absolute Gasteiger partial charge is 0.384 e. The lowest BCUT2D eigenvalue weighted by molar-refractivity contribution is -0.208. The average Bonchev–Trinajstić information content (AvgIpc) is 2.55. The molecule has 0 aromatic carbocycles. The molecule has 1 saturated heterocycles. The monoisotopic (exact) mass is 343 g/mol. The summed E-state index contributed by atoms with van der Waals surface area (Å²) >= 11 is 0. The van der Waals surface area contributed by atoms with Gasteiger partial charge >= 0.3 is 7.82 Å². The van der Waals surface area contributed by atoms with Crippen molar-refractivity contribution in [1.82, 2.24) is 4.90 Å². The fourth-order valence-electron chi connectivity index (χ4n) is 2.02. The molecule has 22 heavy (non-hydrogen) atoms. The van der Waals surface area contributed by atoms with Crippen LogP contribution in [0.5, 0.6) is 0 Å². The van der Waals surface area contributed by atoms with Crippen molar-refractivity contribution >= 4 is 13.6 Å². The number of aliphatic hydroxyl groups excluding tert-OH is 1. The largest absolute Gasteiger partial charge is 0.469 e. The molecule has 0 amide bonds. The number of aliphatic hydroxyl groups is 2. The molecule has 1 heterocycles. The highest BCUT2D eigenvalue weighted by atomic mass is 31.2. The van der Waals surface area contributed by atoms with E-state index in [2.05, 4.69) is 4.52 Å². The number of carbonyl (C=O) groups excluding carboxylic acids is 1. The van der Waals surface area contributed by atoms with Crippen LogP contribution in [-0.4, -0.2) is 68.1 Å². The van der Waals surface area contributed by atoms with Gasteiger partial charge in [0.25, 0.3) is 5.85 Å². The summed E-state index contributed by atoms with van der Waals surface area (Å²) < 4.78 is 34.1. The maximum atomic E-state index is 14.5. The first-order valence-electron chi connectivity index (χ1n) is 6.17. The Morgan fingerprint density at radius 3 is 2.55 bits per heavy atom. The molecular formula is C11H19FNO8P. The van der Waals surface area contributed by atoms with E-state index in [4.69, 9.17) is 14.5 Å². The minimum absolute atomic E-state index is 0.304. The van der Waals surface area contributed by atoms with Crippen LogP contribution >= 0.6 is 7.82 Å². The first-order chi connectivity index (χ1) is 9.79. The highest BCUT2D eigenvalue weighted by Crippen LogP contribution is 2.44. The van der Waals surface area contributed by atoms with Crippen molar-refractivity contribution in [2.45, 2.75) is 37.6 Å². The fourth-order valence-corrected chi connectivity index (χ4v) is 2.37. The lowest BCUT2D eigenvalue weighted by atomic mass is 9.95. The van der Waals surface area contributed by atoms with Crippen LogP contribution in [0.1, 0.15) is 13.8 Å². The van der Waals surface area contributed by atoms with E-state index in [1.165, 1.54) is 20.2 Å². The van der Waals surface area contributed by atoms with Crippen LogP contribution in [0.15, 0.2) is 12.3 Å². The highest BCUT2D eigenvalue weighted by molar-refractivity contribution is 7.46. The minimum Gasteiger partial charge on any atom is -0.384 e. The third-order valence-corrected chi connectivity index (χ3v) is 3.58. The predicted molar refractivity (Wildman–Crippen MR) is 70.9 cm³/mol. The molecule has 1 rings (SSSR count). The topological polar surface area (TPSA) is 137 Å². The van der Waals surface area contributed by atoms with Crippen LogP contribution in [-0.2, 0) is 18.6 Å². The Morgan fingerprint density at radius 2 is 2.09 bits per heavy atom. The second kappa shape index (κ2) is 6.32. The zero-order chi connectivity index (χ0) is 17.3. The Morgan fingerprint density at radius 1 is 1.55 bits per heavy atom.